The van der Waals surface area contributed by atoms with Gasteiger partial charge < -0.3 is 125 Å². The van der Waals surface area contributed by atoms with Crippen LogP contribution in [0.2, 0.25) is 0 Å². The predicted molar refractivity (Wildman–Crippen MR) is 277 cm³/mol. The Hall–Kier alpha value is 2.48. The molecule has 0 unspecified atom stereocenters. The molecule has 0 fully saturated rings. The molecule has 0 aliphatic carbocycles. The number of rotatable bonds is 0. The van der Waals surface area contributed by atoms with Crippen LogP contribution in [0.1, 0.15) is 249 Å². The summed E-state index contributed by atoms with van der Waals surface area (Å²) in [6.07, 6.45) is -7.50. The summed E-state index contributed by atoms with van der Waals surface area (Å²) < 4.78 is 0. The standard InChI is InChI=1S/18C3H7O.5Mo.6O/c18*1-3(2)4;;;;;;;;;;;/h18*3H,1-2H3;;;;;;;;;;;/q18*-1;5*+6;6*-2. The van der Waals surface area contributed by atoms with Gasteiger partial charge in [0.05, 0.1) is 0 Å². The maximum Gasteiger partial charge on any atom is 6.00 e. The van der Waals surface area contributed by atoms with Crippen molar-refractivity contribution in [3.8, 4) is 0 Å². The minimum absolute atomic E-state index is 0. The fourth-order valence-electron chi connectivity index (χ4n) is 0. The van der Waals surface area contributed by atoms with E-state index in [1.807, 2.05) is 0 Å². The van der Waals surface area contributed by atoms with E-state index in [1.165, 1.54) is 0 Å². The second-order valence-corrected chi connectivity index (χ2v) is 18.9. The normalized spacial score (nSPS) is 7.81. The van der Waals surface area contributed by atoms with Gasteiger partial charge in [-0.15, -0.1) is 110 Å². The van der Waals surface area contributed by atoms with Gasteiger partial charge in [-0.2, -0.15) is 0 Å². The van der Waals surface area contributed by atoms with Crippen molar-refractivity contribution >= 4 is 0 Å². The van der Waals surface area contributed by atoms with E-state index in [-0.39, 0.29) is 138 Å². The first-order chi connectivity index (χ1) is 31.2. The maximum absolute atomic E-state index is 9.53. The van der Waals surface area contributed by atoms with Crippen molar-refractivity contribution in [3.63, 3.8) is 0 Å². The third-order valence-corrected chi connectivity index (χ3v) is 0. The molecule has 0 aromatic heterocycles. The molecule has 0 aromatic carbocycles. The molecule has 0 atom stereocenters. The zero-order valence-corrected chi connectivity index (χ0v) is 68.3. The largest absolute Gasteiger partial charge is 6.00 e. The van der Waals surface area contributed by atoms with Gasteiger partial charge in [0.25, 0.3) is 0 Å². The molecule has 24 nitrogen and oxygen atoms in total. The van der Waals surface area contributed by atoms with E-state index in [1.54, 1.807) is 249 Å². The van der Waals surface area contributed by atoms with Crippen LogP contribution in [0.4, 0.5) is 0 Å². The molecule has 0 spiro atoms. The Morgan fingerprint density at radius 1 is 0.0964 bits per heavy atom. The van der Waals surface area contributed by atoms with E-state index in [0.717, 1.165) is 0 Å². The van der Waals surface area contributed by atoms with E-state index < -0.39 is 110 Å². The molecule has 29 heteroatoms. The molecule has 516 valence electrons. The van der Waals surface area contributed by atoms with Gasteiger partial charge in [-0.05, 0) is 0 Å². The van der Waals surface area contributed by atoms with E-state index in [4.69, 9.17) is 0 Å². The van der Waals surface area contributed by atoms with Crippen LogP contribution in [0, 0.1) is 0 Å². The first-order valence-electron chi connectivity index (χ1n) is 25.0. The van der Waals surface area contributed by atoms with Crippen molar-refractivity contribution in [2.45, 2.75) is 359 Å². The maximum atomic E-state index is 9.53. The van der Waals surface area contributed by atoms with Crippen molar-refractivity contribution in [2.24, 2.45) is 0 Å². The van der Waals surface area contributed by atoms with E-state index in [2.05, 4.69) is 0 Å². The van der Waals surface area contributed by atoms with Crippen molar-refractivity contribution in [1.82, 2.24) is 0 Å². The Balaban J connectivity index is -0.0000000137. The average molecular weight is 1640 g/mol. The first kappa shape index (κ1) is 191. The van der Waals surface area contributed by atoms with Gasteiger partial charge in [-0.3, -0.25) is 0 Å². The molecule has 0 saturated heterocycles. The Labute approximate surface area is 584 Å². The van der Waals surface area contributed by atoms with Gasteiger partial charge in [0.2, 0.25) is 0 Å². The van der Waals surface area contributed by atoms with Crippen LogP contribution in [0.25, 0.3) is 0 Å². The molecule has 0 rings (SSSR count). The second-order valence-electron chi connectivity index (χ2n) is 18.9. The van der Waals surface area contributed by atoms with Gasteiger partial charge in [0, 0.05) is 0 Å². The summed E-state index contributed by atoms with van der Waals surface area (Å²) in [4.78, 5) is 0. The number of hydrogen-bond acceptors (Lipinski definition) is 18. The fraction of sp³-hybridized carbons (Fsp3) is 1.00. The SMILES string of the molecule is CC(C)[O-].CC(C)[O-].CC(C)[O-].CC(C)[O-].CC(C)[O-].CC(C)[O-].CC(C)[O-].CC(C)[O-].CC(C)[O-].CC(C)[O-].CC(C)[O-].CC(C)[O-].CC(C)[O-].CC(C)[O-].CC(C)[O-].CC(C)[O-].CC(C)[O-].CC(C)[O-].[Mo+6].[Mo+6].[Mo+6].[Mo+6].[Mo+6].[O-2].[O-2].[O-2].[O-2].[O-2].[O-2]. The molecular formula is C54H126Mo5O24. The molecular weight excluding hydrogens is 1510 g/mol. The molecule has 0 bridgehead atoms. The van der Waals surface area contributed by atoms with Gasteiger partial charge >= 0.3 is 105 Å². The van der Waals surface area contributed by atoms with Crippen molar-refractivity contribution in [3.05, 3.63) is 0 Å². The van der Waals surface area contributed by atoms with Gasteiger partial charge in [0.1, 0.15) is 0 Å². The van der Waals surface area contributed by atoms with Crippen molar-refractivity contribution in [1.29, 1.82) is 0 Å². The molecule has 0 saturated carbocycles. The van der Waals surface area contributed by atoms with Crippen molar-refractivity contribution in [2.75, 3.05) is 0 Å². The predicted octanol–water partition coefficient (Wildman–Crippen LogP) is -5.13. The second kappa shape index (κ2) is 185. The summed E-state index contributed by atoms with van der Waals surface area (Å²) in [5.74, 6) is 0. The molecule has 0 aromatic rings. The van der Waals surface area contributed by atoms with Gasteiger partial charge in [-0.25, -0.2) is 0 Å². The van der Waals surface area contributed by atoms with E-state index >= 15 is 0 Å². The van der Waals surface area contributed by atoms with Crippen LogP contribution in [0.15, 0.2) is 0 Å². The van der Waals surface area contributed by atoms with Crippen LogP contribution < -0.4 is 91.9 Å². The average Bonchev–Trinajstić information content (AvgIpc) is 2.91. The Morgan fingerprint density at radius 2 is 0.0964 bits per heavy atom. The quantitative estimate of drug-likeness (QED) is 0.205. The van der Waals surface area contributed by atoms with Crippen LogP contribution in [-0.4, -0.2) is 110 Å². The zero-order valence-electron chi connectivity index (χ0n) is 58.2. The summed E-state index contributed by atoms with van der Waals surface area (Å²) in [6, 6.07) is 0. The van der Waals surface area contributed by atoms with Crippen LogP contribution in [0.5, 0.6) is 0 Å². The molecule has 0 amide bonds. The summed E-state index contributed by atoms with van der Waals surface area (Å²) in [5.41, 5.74) is 0. The summed E-state index contributed by atoms with van der Waals surface area (Å²) >= 11 is 0. The first-order valence-corrected chi connectivity index (χ1v) is 25.0. The summed E-state index contributed by atoms with van der Waals surface area (Å²) in [7, 11) is 0. The third kappa shape index (κ3) is 93300. The van der Waals surface area contributed by atoms with Crippen molar-refractivity contribution < 1.29 is 230 Å². The minimum Gasteiger partial charge on any atom is -2.00 e. The molecule has 83 heavy (non-hydrogen) atoms. The topological polar surface area (TPSA) is 586 Å². The van der Waals surface area contributed by atoms with E-state index in [9.17, 15) is 91.9 Å². The van der Waals surface area contributed by atoms with Crippen LogP contribution in [0.3, 0.4) is 0 Å². The zero-order chi connectivity index (χ0) is 64.4. The molecule has 0 N–H and O–H groups in total. The fourth-order valence-corrected chi connectivity index (χ4v) is 0. The van der Waals surface area contributed by atoms with Gasteiger partial charge in [-0.1, -0.05) is 249 Å². The minimum atomic E-state index is -0.417. The molecule has 0 aliphatic heterocycles. The molecule has 0 heterocycles. The number of hydrogen-bond donors (Lipinski definition) is 0. The van der Waals surface area contributed by atoms with E-state index in [0.29, 0.717) is 0 Å². The molecule has 0 radical (unpaired) electrons. The smallest absolute Gasteiger partial charge is 2.00 e. The molecule has 0 aliphatic rings. The third-order valence-electron chi connectivity index (χ3n) is 0. The van der Waals surface area contributed by atoms with Crippen LogP contribution >= 0.6 is 0 Å². The Morgan fingerprint density at radius 3 is 0.0964 bits per heavy atom. The van der Waals surface area contributed by atoms with Crippen LogP contribution in [-0.2, 0) is 138 Å². The van der Waals surface area contributed by atoms with Gasteiger partial charge in [0.15, 0.2) is 0 Å². The Bertz CT molecular complexity index is 407. The summed E-state index contributed by atoms with van der Waals surface area (Å²) in [6.45, 7) is 58.0. The monoisotopic (exact) mass is 1650 g/mol. The Kier molecular flexibility index (Phi) is 425. The summed E-state index contributed by atoms with van der Waals surface area (Å²) in [5, 5.41) is 171.